The molecule has 0 aliphatic carbocycles. The van der Waals surface area contributed by atoms with E-state index in [0.29, 0.717) is 17.2 Å². The average molecular weight is 425 g/mol. The van der Waals surface area contributed by atoms with Gasteiger partial charge in [0.25, 0.3) is 0 Å². The van der Waals surface area contributed by atoms with Gasteiger partial charge < -0.3 is 14.8 Å². The van der Waals surface area contributed by atoms with Crippen molar-refractivity contribution in [2.24, 2.45) is 0 Å². The molecule has 0 aliphatic heterocycles. The molecular weight excluding hydrogens is 400 g/mol. The van der Waals surface area contributed by atoms with Gasteiger partial charge in [-0.15, -0.1) is 11.8 Å². The lowest BCUT2D eigenvalue weighted by molar-refractivity contribution is -0.116. The standard InChI is InChI=1S/C19H24N2O5S2/c1-13(19(22)20-14-7-6-8-16(11-14)27-4)21(28(5,23)24)17-12-15(25-2)9-10-18(17)26-3/h6-13H,1-5H3,(H,20,22)/t13-/m1/s1. The molecule has 0 unspecified atom stereocenters. The summed E-state index contributed by atoms with van der Waals surface area (Å²) >= 11 is 1.55. The molecule has 2 rings (SSSR count). The van der Waals surface area contributed by atoms with E-state index >= 15 is 0 Å². The molecule has 0 aromatic heterocycles. The first-order valence-corrected chi connectivity index (χ1v) is 11.4. The first kappa shape index (κ1) is 21.9. The SMILES string of the molecule is COc1ccc(OC)c(N([C@H](C)C(=O)Nc2cccc(SC)c2)S(C)(=O)=O)c1. The maximum atomic E-state index is 12.8. The van der Waals surface area contributed by atoms with Crippen LogP contribution >= 0.6 is 11.8 Å². The number of amides is 1. The van der Waals surface area contributed by atoms with Crippen LogP contribution in [-0.2, 0) is 14.8 Å². The minimum atomic E-state index is -3.79. The molecule has 0 radical (unpaired) electrons. The Morgan fingerprint density at radius 3 is 2.43 bits per heavy atom. The highest BCUT2D eigenvalue weighted by Gasteiger charge is 2.31. The van der Waals surface area contributed by atoms with Crippen LogP contribution in [0.2, 0.25) is 0 Å². The molecule has 2 aromatic carbocycles. The number of thioether (sulfide) groups is 1. The van der Waals surface area contributed by atoms with Gasteiger partial charge in [-0.2, -0.15) is 0 Å². The number of anilines is 2. The molecule has 0 aliphatic rings. The van der Waals surface area contributed by atoms with Gasteiger partial charge in [0.2, 0.25) is 15.9 Å². The van der Waals surface area contributed by atoms with Gasteiger partial charge in [-0.3, -0.25) is 9.10 Å². The van der Waals surface area contributed by atoms with Gasteiger partial charge in [-0.25, -0.2) is 8.42 Å². The Labute approximate surface area is 170 Å². The van der Waals surface area contributed by atoms with Gasteiger partial charge in [0.05, 0.1) is 26.2 Å². The molecule has 0 bridgehead atoms. The second-order valence-electron chi connectivity index (χ2n) is 5.99. The smallest absolute Gasteiger partial charge is 0.247 e. The topological polar surface area (TPSA) is 84.9 Å². The van der Waals surface area contributed by atoms with Gasteiger partial charge in [-0.1, -0.05) is 6.07 Å². The summed E-state index contributed by atoms with van der Waals surface area (Å²) in [4.78, 5) is 13.8. The van der Waals surface area contributed by atoms with Crippen molar-refractivity contribution < 1.29 is 22.7 Å². The highest BCUT2D eigenvalue weighted by Crippen LogP contribution is 2.35. The Balaban J connectivity index is 2.42. The fraction of sp³-hybridized carbons (Fsp3) is 0.316. The molecule has 0 saturated heterocycles. The van der Waals surface area contributed by atoms with Crippen LogP contribution in [0.3, 0.4) is 0 Å². The van der Waals surface area contributed by atoms with Crippen molar-refractivity contribution in [2.45, 2.75) is 17.9 Å². The minimum Gasteiger partial charge on any atom is -0.497 e. The molecular formula is C19H24N2O5S2. The summed E-state index contributed by atoms with van der Waals surface area (Å²) in [6.07, 6.45) is 2.98. The summed E-state index contributed by atoms with van der Waals surface area (Å²) in [7, 11) is -0.880. The van der Waals surface area contributed by atoms with E-state index in [-0.39, 0.29) is 5.69 Å². The van der Waals surface area contributed by atoms with Crippen LogP contribution in [-0.4, -0.2) is 47.1 Å². The fourth-order valence-corrected chi connectivity index (χ4v) is 4.33. The van der Waals surface area contributed by atoms with E-state index < -0.39 is 22.0 Å². The first-order chi connectivity index (χ1) is 13.2. The number of benzene rings is 2. The lowest BCUT2D eigenvalue weighted by Gasteiger charge is -2.29. The Hall–Kier alpha value is -2.39. The number of carbonyl (C=O) groups is 1. The van der Waals surface area contributed by atoms with Crippen LogP contribution in [0.15, 0.2) is 47.4 Å². The van der Waals surface area contributed by atoms with Crippen LogP contribution in [0.4, 0.5) is 11.4 Å². The van der Waals surface area contributed by atoms with E-state index in [1.54, 1.807) is 30.0 Å². The van der Waals surface area contributed by atoms with Crippen LogP contribution in [0.1, 0.15) is 6.92 Å². The number of nitrogens with zero attached hydrogens (tertiary/aromatic N) is 1. The minimum absolute atomic E-state index is 0.227. The number of sulfonamides is 1. The number of ether oxygens (including phenoxy) is 2. The molecule has 1 atom stereocenters. The quantitative estimate of drug-likeness (QED) is 0.655. The molecule has 9 heteroatoms. The summed E-state index contributed by atoms with van der Waals surface area (Å²) in [5, 5.41) is 2.77. The molecule has 28 heavy (non-hydrogen) atoms. The Bertz CT molecular complexity index is 947. The number of hydrogen-bond donors (Lipinski definition) is 1. The van der Waals surface area contributed by atoms with Crippen molar-refractivity contribution in [3.63, 3.8) is 0 Å². The largest absolute Gasteiger partial charge is 0.497 e. The zero-order chi connectivity index (χ0) is 20.9. The fourth-order valence-electron chi connectivity index (χ4n) is 2.70. The Morgan fingerprint density at radius 2 is 1.86 bits per heavy atom. The van der Waals surface area contributed by atoms with Crippen molar-refractivity contribution in [2.75, 3.05) is 36.4 Å². The van der Waals surface area contributed by atoms with Crippen molar-refractivity contribution in [3.8, 4) is 11.5 Å². The van der Waals surface area contributed by atoms with Gasteiger partial charge in [-0.05, 0) is 43.5 Å². The molecule has 152 valence electrons. The zero-order valence-electron chi connectivity index (χ0n) is 16.4. The van der Waals surface area contributed by atoms with Gasteiger partial charge in [0.1, 0.15) is 17.5 Å². The van der Waals surface area contributed by atoms with E-state index in [0.717, 1.165) is 15.5 Å². The van der Waals surface area contributed by atoms with E-state index in [9.17, 15) is 13.2 Å². The van der Waals surface area contributed by atoms with Gasteiger partial charge >= 0.3 is 0 Å². The highest BCUT2D eigenvalue weighted by atomic mass is 32.2. The summed E-state index contributed by atoms with van der Waals surface area (Å²) in [5.74, 6) is 0.300. The van der Waals surface area contributed by atoms with Crippen LogP contribution in [0.25, 0.3) is 0 Å². The Morgan fingerprint density at radius 1 is 1.14 bits per heavy atom. The second-order valence-corrected chi connectivity index (χ2v) is 8.73. The third kappa shape index (κ3) is 5.11. The molecule has 0 spiro atoms. The van der Waals surface area contributed by atoms with Crippen molar-refractivity contribution in [3.05, 3.63) is 42.5 Å². The lowest BCUT2D eigenvalue weighted by atomic mass is 10.2. The maximum absolute atomic E-state index is 12.8. The predicted octanol–water partition coefficient (Wildman–Crippen LogP) is 3.22. The summed E-state index contributed by atoms with van der Waals surface area (Å²) in [5.41, 5.74) is 0.819. The Kier molecular flexibility index (Phi) is 7.20. The maximum Gasteiger partial charge on any atom is 0.247 e. The van der Waals surface area contributed by atoms with E-state index in [1.165, 1.54) is 27.2 Å². The molecule has 0 heterocycles. The summed E-state index contributed by atoms with van der Waals surface area (Å²) in [6, 6.07) is 11.1. The first-order valence-electron chi connectivity index (χ1n) is 8.37. The van der Waals surface area contributed by atoms with E-state index in [4.69, 9.17) is 9.47 Å². The van der Waals surface area contributed by atoms with Gasteiger partial charge in [0, 0.05) is 16.6 Å². The normalized spacial score (nSPS) is 12.2. The third-order valence-electron chi connectivity index (χ3n) is 4.05. The number of methoxy groups -OCH3 is 2. The second kappa shape index (κ2) is 9.20. The van der Waals surface area contributed by atoms with E-state index in [1.807, 2.05) is 24.5 Å². The summed E-state index contributed by atoms with van der Waals surface area (Å²) in [6.45, 7) is 1.52. The summed E-state index contributed by atoms with van der Waals surface area (Å²) < 4.78 is 36.6. The molecule has 0 fully saturated rings. The van der Waals surface area contributed by atoms with Crippen molar-refractivity contribution in [1.82, 2.24) is 0 Å². The van der Waals surface area contributed by atoms with E-state index in [2.05, 4.69) is 5.32 Å². The number of carbonyl (C=O) groups excluding carboxylic acids is 1. The third-order valence-corrected chi connectivity index (χ3v) is 6.00. The van der Waals surface area contributed by atoms with Crippen LogP contribution < -0.4 is 19.1 Å². The number of rotatable bonds is 8. The van der Waals surface area contributed by atoms with Gasteiger partial charge in [0.15, 0.2) is 0 Å². The van der Waals surface area contributed by atoms with Crippen LogP contribution in [0, 0.1) is 0 Å². The van der Waals surface area contributed by atoms with Crippen molar-refractivity contribution >= 4 is 39.1 Å². The predicted molar refractivity (Wildman–Crippen MR) is 113 cm³/mol. The highest BCUT2D eigenvalue weighted by molar-refractivity contribution is 7.98. The number of hydrogen-bond acceptors (Lipinski definition) is 6. The van der Waals surface area contributed by atoms with Crippen LogP contribution in [0.5, 0.6) is 11.5 Å². The molecule has 1 amide bonds. The monoisotopic (exact) mass is 424 g/mol. The molecule has 1 N–H and O–H groups in total. The molecule has 0 saturated carbocycles. The number of nitrogens with one attached hydrogen (secondary N) is 1. The molecule has 2 aromatic rings. The lowest BCUT2D eigenvalue weighted by Crippen LogP contribution is -2.45. The van der Waals surface area contributed by atoms with Crippen molar-refractivity contribution in [1.29, 1.82) is 0 Å². The zero-order valence-corrected chi connectivity index (χ0v) is 18.1. The average Bonchev–Trinajstić information content (AvgIpc) is 2.66. The molecule has 7 nitrogen and oxygen atoms in total.